The van der Waals surface area contributed by atoms with Crippen molar-refractivity contribution in [2.24, 2.45) is 0 Å². The van der Waals surface area contributed by atoms with Gasteiger partial charge < -0.3 is 24.6 Å². The Morgan fingerprint density at radius 2 is 1.94 bits per heavy atom. The van der Waals surface area contributed by atoms with Crippen LogP contribution in [0.4, 0.5) is 13.2 Å². The van der Waals surface area contributed by atoms with Crippen LogP contribution in [0, 0.1) is 0 Å². The SMILES string of the molecule is O=C(COc1ccc(Cl)cc1)N[C@@H]1CC[C@@H]([C@H](O)CO[C@H]2C[C@@H](OC(F)(F)F)C2)OC1. The maximum absolute atomic E-state index is 12.1. The Kier molecular flexibility index (Phi) is 8.40. The Morgan fingerprint density at radius 1 is 1.23 bits per heavy atom. The van der Waals surface area contributed by atoms with Gasteiger partial charge in [-0.05, 0) is 37.1 Å². The summed E-state index contributed by atoms with van der Waals surface area (Å²) in [6.07, 6.45) is -5.84. The summed E-state index contributed by atoms with van der Waals surface area (Å²) in [5.74, 6) is 0.247. The summed E-state index contributed by atoms with van der Waals surface area (Å²) in [5, 5.41) is 13.6. The van der Waals surface area contributed by atoms with E-state index in [-0.39, 0.29) is 50.7 Å². The van der Waals surface area contributed by atoms with Crippen LogP contribution in [0.15, 0.2) is 24.3 Å². The van der Waals surface area contributed by atoms with Crippen molar-refractivity contribution in [3.05, 3.63) is 29.3 Å². The smallest absolute Gasteiger partial charge is 0.484 e. The average molecular weight is 468 g/mol. The van der Waals surface area contributed by atoms with Crippen LogP contribution in [-0.4, -0.2) is 67.7 Å². The fourth-order valence-corrected chi connectivity index (χ4v) is 3.54. The van der Waals surface area contributed by atoms with Crippen LogP contribution in [0.2, 0.25) is 5.02 Å². The van der Waals surface area contributed by atoms with E-state index >= 15 is 0 Å². The lowest BCUT2D eigenvalue weighted by Crippen LogP contribution is -2.48. The van der Waals surface area contributed by atoms with Crippen molar-refractivity contribution in [3.63, 3.8) is 0 Å². The molecule has 7 nitrogen and oxygen atoms in total. The summed E-state index contributed by atoms with van der Waals surface area (Å²) < 4.78 is 56.7. The predicted octanol–water partition coefficient (Wildman–Crippen LogP) is 2.83. The standard InChI is InChI=1S/C20H25ClF3NO6/c21-12-1-4-14(5-2-12)29-11-19(27)25-13-3-6-18(30-9-13)17(26)10-28-15-7-16(8-15)31-20(22,23)24/h1-2,4-5,13,15-18,26H,3,6-11H2,(H,25,27)/t13-,15-,16+,17-,18+/m1/s1. The second-order valence-electron chi connectivity index (χ2n) is 7.64. The van der Waals surface area contributed by atoms with Crippen LogP contribution in [0.3, 0.4) is 0 Å². The molecule has 3 rings (SSSR count). The Morgan fingerprint density at radius 3 is 2.55 bits per heavy atom. The quantitative estimate of drug-likeness (QED) is 0.581. The minimum atomic E-state index is -4.64. The van der Waals surface area contributed by atoms with Gasteiger partial charge in [-0.3, -0.25) is 9.53 Å². The highest BCUT2D eigenvalue weighted by atomic mass is 35.5. The van der Waals surface area contributed by atoms with Crippen LogP contribution in [0.1, 0.15) is 25.7 Å². The van der Waals surface area contributed by atoms with Gasteiger partial charge in [0.15, 0.2) is 6.61 Å². The zero-order valence-electron chi connectivity index (χ0n) is 16.6. The molecule has 31 heavy (non-hydrogen) atoms. The Labute approximate surface area is 182 Å². The van der Waals surface area contributed by atoms with Crippen molar-refractivity contribution in [2.45, 2.75) is 62.5 Å². The van der Waals surface area contributed by atoms with Crippen molar-refractivity contribution in [1.82, 2.24) is 5.32 Å². The van der Waals surface area contributed by atoms with Crippen molar-refractivity contribution in [1.29, 1.82) is 0 Å². The third-order valence-electron chi connectivity index (χ3n) is 5.14. The summed E-state index contributed by atoms with van der Waals surface area (Å²) in [6, 6.07) is 6.47. The van der Waals surface area contributed by atoms with E-state index in [1.807, 2.05) is 0 Å². The van der Waals surface area contributed by atoms with Gasteiger partial charge in [0.05, 0.1) is 37.6 Å². The van der Waals surface area contributed by atoms with Crippen molar-refractivity contribution >= 4 is 17.5 Å². The Bertz CT molecular complexity index is 706. The van der Waals surface area contributed by atoms with Crippen molar-refractivity contribution in [3.8, 4) is 5.75 Å². The van der Waals surface area contributed by atoms with E-state index in [0.717, 1.165) is 0 Å². The summed E-state index contributed by atoms with van der Waals surface area (Å²) >= 11 is 5.79. The number of aliphatic hydroxyl groups excluding tert-OH is 1. The number of halogens is 4. The Hall–Kier alpha value is -1.59. The van der Waals surface area contributed by atoms with Gasteiger partial charge in [-0.2, -0.15) is 0 Å². The first-order chi connectivity index (χ1) is 14.7. The summed E-state index contributed by atoms with van der Waals surface area (Å²) in [4.78, 5) is 12.0. The summed E-state index contributed by atoms with van der Waals surface area (Å²) in [5.41, 5.74) is 0. The topological polar surface area (TPSA) is 86.3 Å². The fourth-order valence-electron chi connectivity index (χ4n) is 3.42. The zero-order chi connectivity index (χ0) is 22.4. The molecule has 2 N–H and O–H groups in total. The largest absolute Gasteiger partial charge is 0.522 e. The molecule has 1 heterocycles. The highest BCUT2D eigenvalue weighted by Crippen LogP contribution is 2.32. The van der Waals surface area contributed by atoms with Gasteiger partial charge in [-0.1, -0.05) is 11.6 Å². The molecule has 2 fully saturated rings. The van der Waals surface area contributed by atoms with E-state index in [9.17, 15) is 23.1 Å². The molecular formula is C20H25ClF3NO6. The number of alkyl halides is 3. The minimum Gasteiger partial charge on any atom is -0.484 e. The first-order valence-electron chi connectivity index (χ1n) is 10.0. The lowest BCUT2D eigenvalue weighted by atomic mass is 9.92. The van der Waals surface area contributed by atoms with Crippen LogP contribution in [0.25, 0.3) is 0 Å². The van der Waals surface area contributed by atoms with Gasteiger partial charge in [-0.25, -0.2) is 0 Å². The van der Waals surface area contributed by atoms with Crippen molar-refractivity contribution in [2.75, 3.05) is 19.8 Å². The number of hydrogen-bond donors (Lipinski definition) is 2. The number of benzene rings is 1. The third kappa shape index (κ3) is 8.12. The number of aliphatic hydroxyl groups is 1. The molecule has 1 saturated heterocycles. The number of carbonyl (C=O) groups excluding carboxylic acids is 1. The number of hydrogen-bond acceptors (Lipinski definition) is 6. The molecule has 3 atom stereocenters. The lowest BCUT2D eigenvalue weighted by molar-refractivity contribution is -0.357. The van der Waals surface area contributed by atoms with Gasteiger partial charge in [0.1, 0.15) is 11.9 Å². The number of rotatable bonds is 9. The van der Waals surface area contributed by atoms with Crippen LogP contribution in [-0.2, 0) is 19.0 Å². The van der Waals surface area contributed by atoms with Gasteiger partial charge in [0.2, 0.25) is 0 Å². The van der Waals surface area contributed by atoms with Crippen LogP contribution >= 0.6 is 11.6 Å². The van der Waals surface area contributed by atoms with Gasteiger partial charge in [0.25, 0.3) is 5.91 Å². The molecule has 1 aliphatic heterocycles. The molecule has 2 aliphatic rings. The Balaban J connectivity index is 1.27. The van der Waals surface area contributed by atoms with E-state index in [1.54, 1.807) is 24.3 Å². The molecule has 174 valence electrons. The molecule has 11 heteroatoms. The minimum absolute atomic E-state index is 0.0277. The molecule has 0 spiro atoms. The van der Waals surface area contributed by atoms with E-state index in [4.69, 9.17) is 25.8 Å². The fraction of sp³-hybridized carbons (Fsp3) is 0.650. The zero-order valence-corrected chi connectivity index (χ0v) is 17.4. The van der Waals surface area contributed by atoms with Gasteiger partial charge in [-0.15, -0.1) is 13.2 Å². The molecule has 0 aromatic heterocycles. The van der Waals surface area contributed by atoms with E-state index in [0.29, 0.717) is 23.6 Å². The van der Waals surface area contributed by atoms with Gasteiger partial charge >= 0.3 is 6.36 Å². The van der Waals surface area contributed by atoms with E-state index in [2.05, 4.69) is 10.1 Å². The molecular weight excluding hydrogens is 443 g/mol. The van der Waals surface area contributed by atoms with E-state index < -0.39 is 24.7 Å². The molecule has 1 aliphatic carbocycles. The highest BCUT2D eigenvalue weighted by molar-refractivity contribution is 6.30. The molecule has 1 saturated carbocycles. The first-order valence-corrected chi connectivity index (χ1v) is 10.4. The number of nitrogens with one attached hydrogen (secondary N) is 1. The average Bonchev–Trinajstić information content (AvgIpc) is 2.68. The van der Waals surface area contributed by atoms with Crippen molar-refractivity contribution < 1.29 is 42.0 Å². The predicted molar refractivity (Wildman–Crippen MR) is 104 cm³/mol. The number of ether oxygens (including phenoxy) is 4. The molecule has 1 aromatic rings. The third-order valence-corrected chi connectivity index (χ3v) is 5.40. The second kappa shape index (κ2) is 10.8. The molecule has 0 bridgehead atoms. The van der Waals surface area contributed by atoms with E-state index in [1.165, 1.54) is 0 Å². The molecule has 1 amide bonds. The highest BCUT2D eigenvalue weighted by Gasteiger charge is 2.41. The lowest BCUT2D eigenvalue weighted by Gasteiger charge is -2.37. The van der Waals surface area contributed by atoms with Crippen LogP contribution < -0.4 is 10.1 Å². The first kappa shape index (κ1) is 24.1. The summed E-state index contributed by atoms with van der Waals surface area (Å²) in [7, 11) is 0. The maximum atomic E-state index is 12.1. The second-order valence-corrected chi connectivity index (χ2v) is 8.07. The monoisotopic (exact) mass is 467 g/mol. The molecule has 0 unspecified atom stereocenters. The molecule has 1 aromatic carbocycles. The van der Waals surface area contributed by atoms with Gasteiger partial charge in [0, 0.05) is 17.9 Å². The maximum Gasteiger partial charge on any atom is 0.522 e. The number of amides is 1. The summed E-state index contributed by atoms with van der Waals surface area (Å²) in [6.45, 7) is 0.0673. The normalized spacial score (nSPS) is 27.3. The molecule has 0 radical (unpaired) electrons. The number of carbonyl (C=O) groups is 1. The van der Waals surface area contributed by atoms with Crippen LogP contribution in [0.5, 0.6) is 5.75 Å².